The Morgan fingerprint density at radius 2 is 2.00 bits per heavy atom. The largest absolute Gasteiger partial charge is 0.494 e. The number of carbonyl (C=O) groups excluding carboxylic acids is 1. The summed E-state index contributed by atoms with van der Waals surface area (Å²) in [6, 6.07) is 6.09. The van der Waals surface area contributed by atoms with E-state index in [0.717, 1.165) is 5.56 Å². The van der Waals surface area contributed by atoms with Gasteiger partial charge in [-0.25, -0.2) is 9.48 Å². The molecule has 0 saturated heterocycles. The molecule has 1 atom stereocenters. The first-order chi connectivity index (χ1) is 13.1. The minimum Gasteiger partial charge on any atom is -0.494 e. The van der Waals surface area contributed by atoms with E-state index in [1.807, 2.05) is 45.9 Å². The van der Waals surface area contributed by atoms with Crippen molar-refractivity contribution in [2.24, 2.45) is 0 Å². The molecule has 0 aliphatic rings. The molecule has 2 N–H and O–H groups in total. The van der Waals surface area contributed by atoms with Crippen LogP contribution in [0.15, 0.2) is 30.5 Å². The van der Waals surface area contributed by atoms with Gasteiger partial charge in [-0.3, -0.25) is 4.79 Å². The molecule has 1 heterocycles. The fraction of sp³-hybridized carbons (Fsp3) is 0.450. The molecular weight excluding hydrogens is 362 g/mol. The van der Waals surface area contributed by atoms with Gasteiger partial charge in [-0.2, -0.15) is 5.10 Å². The minimum absolute atomic E-state index is 0.117. The van der Waals surface area contributed by atoms with E-state index in [4.69, 9.17) is 9.47 Å². The Balaban J connectivity index is 2.10. The molecular formula is C20H27N3O5. The maximum atomic E-state index is 12.5. The SMILES string of the molecule is COc1ccc(C)cc1-n1ccc(C(=O)NC(CCOC(C)(C)C)C(=O)O)n1. The molecule has 152 valence electrons. The Bertz CT molecular complexity index is 839. The minimum atomic E-state index is -1.12. The number of methoxy groups -OCH3 is 1. The number of rotatable bonds is 8. The monoisotopic (exact) mass is 389 g/mol. The highest BCUT2D eigenvalue weighted by Gasteiger charge is 2.23. The third-order valence-corrected chi connectivity index (χ3v) is 3.95. The van der Waals surface area contributed by atoms with E-state index < -0.39 is 17.9 Å². The van der Waals surface area contributed by atoms with Crippen LogP contribution >= 0.6 is 0 Å². The van der Waals surface area contributed by atoms with Crippen LogP contribution in [0.3, 0.4) is 0 Å². The molecule has 1 amide bonds. The number of benzene rings is 1. The maximum Gasteiger partial charge on any atom is 0.326 e. The van der Waals surface area contributed by atoms with Gasteiger partial charge < -0.3 is 19.9 Å². The summed E-state index contributed by atoms with van der Waals surface area (Å²) in [5.74, 6) is -1.07. The number of aliphatic carboxylic acids is 1. The number of nitrogens with zero attached hydrogens (tertiary/aromatic N) is 2. The average Bonchev–Trinajstić information content (AvgIpc) is 3.09. The van der Waals surface area contributed by atoms with E-state index in [-0.39, 0.29) is 24.3 Å². The van der Waals surface area contributed by atoms with Crippen LogP contribution in [-0.2, 0) is 9.53 Å². The average molecular weight is 389 g/mol. The van der Waals surface area contributed by atoms with Crippen LogP contribution in [0.1, 0.15) is 43.2 Å². The number of nitrogens with one attached hydrogen (secondary N) is 1. The Morgan fingerprint density at radius 1 is 1.29 bits per heavy atom. The molecule has 2 rings (SSSR count). The van der Waals surface area contributed by atoms with Gasteiger partial charge in [0.15, 0.2) is 5.69 Å². The number of carboxylic acids is 1. The molecule has 1 aromatic heterocycles. The summed E-state index contributed by atoms with van der Waals surface area (Å²) in [5.41, 5.74) is 1.45. The van der Waals surface area contributed by atoms with E-state index in [2.05, 4.69) is 10.4 Å². The van der Waals surface area contributed by atoms with Crippen LogP contribution in [0.25, 0.3) is 5.69 Å². The summed E-state index contributed by atoms with van der Waals surface area (Å²) in [5, 5.41) is 16.1. The van der Waals surface area contributed by atoms with Crippen molar-refractivity contribution < 1.29 is 24.2 Å². The second kappa shape index (κ2) is 8.88. The summed E-state index contributed by atoms with van der Waals surface area (Å²) < 4.78 is 12.4. The number of hydrogen-bond donors (Lipinski definition) is 2. The van der Waals surface area contributed by atoms with Crippen LogP contribution in [0.4, 0.5) is 0 Å². The molecule has 0 aliphatic carbocycles. The van der Waals surface area contributed by atoms with Crippen molar-refractivity contribution in [3.05, 3.63) is 41.7 Å². The molecule has 1 aromatic carbocycles. The fourth-order valence-corrected chi connectivity index (χ4v) is 2.53. The molecule has 0 fully saturated rings. The topological polar surface area (TPSA) is 103 Å². The number of carboxylic acid groups (broad SMARTS) is 1. The van der Waals surface area contributed by atoms with Crippen molar-refractivity contribution in [2.75, 3.05) is 13.7 Å². The third-order valence-electron chi connectivity index (χ3n) is 3.95. The molecule has 0 bridgehead atoms. The molecule has 8 nitrogen and oxygen atoms in total. The standard InChI is InChI=1S/C20H27N3O5/c1-13-6-7-17(27-5)16(12-13)23-10-8-14(22-23)18(24)21-15(19(25)26)9-11-28-20(2,3)4/h6-8,10,12,15H,9,11H2,1-5H3,(H,21,24)(H,25,26). The summed E-state index contributed by atoms with van der Waals surface area (Å²) in [6.45, 7) is 7.81. The second-order valence-electron chi connectivity index (χ2n) is 7.43. The van der Waals surface area contributed by atoms with Gasteiger partial charge in [0.1, 0.15) is 17.5 Å². The maximum absolute atomic E-state index is 12.5. The summed E-state index contributed by atoms with van der Waals surface area (Å²) in [6.07, 6.45) is 1.79. The predicted molar refractivity (Wildman–Crippen MR) is 104 cm³/mol. The van der Waals surface area contributed by atoms with Gasteiger partial charge in [-0.05, 0) is 51.5 Å². The first kappa shape index (κ1) is 21.4. The molecule has 0 radical (unpaired) electrons. The first-order valence-electron chi connectivity index (χ1n) is 8.99. The molecule has 0 aliphatic heterocycles. The molecule has 28 heavy (non-hydrogen) atoms. The number of carbonyl (C=O) groups is 2. The van der Waals surface area contributed by atoms with Gasteiger partial charge in [-0.15, -0.1) is 0 Å². The number of aryl methyl sites for hydroxylation is 1. The van der Waals surface area contributed by atoms with Crippen LogP contribution < -0.4 is 10.1 Å². The first-order valence-corrected chi connectivity index (χ1v) is 8.99. The lowest BCUT2D eigenvalue weighted by Crippen LogP contribution is -2.42. The van der Waals surface area contributed by atoms with Gasteiger partial charge >= 0.3 is 5.97 Å². The van der Waals surface area contributed by atoms with Gasteiger partial charge in [-0.1, -0.05) is 6.07 Å². The Kier molecular flexibility index (Phi) is 6.80. The van der Waals surface area contributed by atoms with E-state index in [0.29, 0.717) is 11.4 Å². The van der Waals surface area contributed by atoms with E-state index in [1.165, 1.54) is 10.7 Å². The zero-order valence-electron chi connectivity index (χ0n) is 16.9. The highest BCUT2D eigenvalue weighted by atomic mass is 16.5. The van der Waals surface area contributed by atoms with Crippen molar-refractivity contribution in [3.8, 4) is 11.4 Å². The van der Waals surface area contributed by atoms with Crippen LogP contribution in [0, 0.1) is 6.92 Å². The van der Waals surface area contributed by atoms with Crippen molar-refractivity contribution >= 4 is 11.9 Å². The van der Waals surface area contributed by atoms with Gasteiger partial charge in [0.2, 0.25) is 0 Å². The predicted octanol–water partition coefficient (Wildman–Crippen LogP) is 2.58. The molecule has 0 saturated carbocycles. The number of ether oxygens (including phenoxy) is 2. The fourth-order valence-electron chi connectivity index (χ4n) is 2.53. The van der Waals surface area contributed by atoms with Crippen LogP contribution in [0.5, 0.6) is 5.75 Å². The van der Waals surface area contributed by atoms with Crippen molar-refractivity contribution in [3.63, 3.8) is 0 Å². The van der Waals surface area contributed by atoms with Crippen molar-refractivity contribution in [1.29, 1.82) is 0 Å². The molecule has 0 spiro atoms. The second-order valence-corrected chi connectivity index (χ2v) is 7.43. The smallest absolute Gasteiger partial charge is 0.326 e. The molecule has 8 heteroatoms. The van der Waals surface area contributed by atoms with E-state index in [1.54, 1.807) is 13.3 Å². The molecule has 1 unspecified atom stereocenters. The van der Waals surface area contributed by atoms with E-state index in [9.17, 15) is 14.7 Å². The Hall–Kier alpha value is -2.87. The van der Waals surface area contributed by atoms with Gasteiger partial charge in [0.05, 0.1) is 12.7 Å². The van der Waals surface area contributed by atoms with Gasteiger partial charge in [0.25, 0.3) is 5.91 Å². The van der Waals surface area contributed by atoms with Gasteiger partial charge in [0, 0.05) is 19.2 Å². The van der Waals surface area contributed by atoms with E-state index >= 15 is 0 Å². The van der Waals surface area contributed by atoms with Crippen molar-refractivity contribution in [2.45, 2.75) is 45.8 Å². The highest BCUT2D eigenvalue weighted by Crippen LogP contribution is 2.23. The normalized spacial score (nSPS) is 12.5. The zero-order chi connectivity index (χ0) is 20.9. The summed E-state index contributed by atoms with van der Waals surface area (Å²) in [7, 11) is 1.56. The van der Waals surface area contributed by atoms with Crippen LogP contribution in [0.2, 0.25) is 0 Å². The number of amides is 1. The lowest BCUT2D eigenvalue weighted by Gasteiger charge is -2.21. The Labute approximate surface area is 164 Å². The Morgan fingerprint density at radius 3 is 2.61 bits per heavy atom. The quantitative estimate of drug-likeness (QED) is 0.719. The molecule has 2 aromatic rings. The summed E-state index contributed by atoms with van der Waals surface area (Å²) >= 11 is 0. The lowest BCUT2D eigenvalue weighted by atomic mass is 10.1. The zero-order valence-corrected chi connectivity index (χ0v) is 16.9. The third kappa shape index (κ3) is 5.82. The van der Waals surface area contributed by atoms with Crippen molar-refractivity contribution in [1.82, 2.24) is 15.1 Å². The van der Waals surface area contributed by atoms with Crippen LogP contribution in [-0.4, -0.2) is 52.1 Å². The lowest BCUT2D eigenvalue weighted by molar-refractivity contribution is -0.140. The highest BCUT2D eigenvalue weighted by molar-refractivity contribution is 5.94. The number of aromatic nitrogens is 2. The summed E-state index contributed by atoms with van der Waals surface area (Å²) in [4.78, 5) is 23.9. The number of hydrogen-bond acceptors (Lipinski definition) is 5.